The minimum absolute atomic E-state index is 0.149. The van der Waals surface area contributed by atoms with Crippen LogP contribution in [0.5, 0.6) is 0 Å². The Morgan fingerprint density at radius 1 is 1.54 bits per heavy atom. The van der Waals surface area contributed by atoms with Crippen LogP contribution < -0.4 is 16.8 Å². The van der Waals surface area contributed by atoms with Crippen LogP contribution in [0.15, 0.2) is 4.99 Å². The molecule has 0 aromatic rings. The Morgan fingerprint density at radius 2 is 2.15 bits per heavy atom. The number of aliphatic imine (C=N–C) groups is 1. The third-order valence-corrected chi connectivity index (χ3v) is 1.05. The molecule has 0 aliphatic carbocycles. The Morgan fingerprint density at radius 3 is 2.62 bits per heavy atom. The first-order chi connectivity index (χ1) is 6.02. The van der Waals surface area contributed by atoms with E-state index in [1.807, 2.05) is 13.8 Å². The van der Waals surface area contributed by atoms with E-state index < -0.39 is 6.09 Å². The summed E-state index contributed by atoms with van der Waals surface area (Å²) in [6, 6.07) is 0.237. The molecule has 6 heteroatoms. The fourth-order valence-corrected chi connectivity index (χ4v) is 0.654. The van der Waals surface area contributed by atoms with Crippen LogP contribution in [0.1, 0.15) is 13.8 Å². The Bertz CT molecular complexity index is 191. The molecular weight excluding hydrogens is 172 g/mol. The number of rotatable bonds is 4. The van der Waals surface area contributed by atoms with Gasteiger partial charge in [0, 0.05) is 6.04 Å². The van der Waals surface area contributed by atoms with Crippen LogP contribution in [0.4, 0.5) is 4.79 Å². The van der Waals surface area contributed by atoms with Crippen molar-refractivity contribution < 1.29 is 9.53 Å². The number of carbonyl (C=O) groups excluding carboxylic acids is 1. The summed E-state index contributed by atoms with van der Waals surface area (Å²) in [5, 5.41) is 2.89. The number of hydrogen-bond donors (Lipinski definition) is 3. The maximum Gasteiger partial charge on any atom is 0.404 e. The smallest absolute Gasteiger partial charge is 0.404 e. The predicted octanol–water partition coefficient (Wildman–Crippen LogP) is -0.606. The molecule has 1 amide bonds. The first-order valence-electron chi connectivity index (χ1n) is 4.01. The van der Waals surface area contributed by atoms with Crippen LogP contribution in [0.2, 0.25) is 0 Å². The van der Waals surface area contributed by atoms with Crippen LogP contribution in [0.25, 0.3) is 0 Å². The average Bonchev–Trinajstić information content (AvgIpc) is 1.96. The van der Waals surface area contributed by atoms with Crippen molar-refractivity contribution in [1.29, 1.82) is 0 Å². The van der Waals surface area contributed by atoms with E-state index in [0.29, 0.717) is 12.5 Å². The topological polar surface area (TPSA) is 103 Å². The maximum absolute atomic E-state index is 10.1. The quantitative estimate of drug-likeness (QED) is 0.311. The minimum Gasteiger partial charge on any atom is -0.448 e. The molecule has 5 N–H and O–H groups in total. The van der Waals surface area contributed by atoms with Crippen LogP contribution in [0.3, 0.4) is 0 Å². The molecule has 0 spiro atoms. The fourth-order valence-electron chi connectivity index (χ4n) is 0.654. The molecule has 0 unspecified atom stereocenters. The zero-order chi connectivity index (χ0) is 10.3. The molecule has 0 heterocycles. The molecule has 0 rings (SSSR count). The normalized spacial score (nSPS) is 11.5. The van der Waals surface area contributed by atoms with E-state index in [4.69, 9.17) is 11.5 Å². The maximum atomic E-state index is 10.1. The van der Waals surface area contributed by atoms with Crippen molar-refractivity contribution in [3.8, 4) is 0 Å². The van der Waals surface area contributed by atoms with Crippen LogP contribution >= 0.6 is 0 Å². The van der Waals surface area contributed by atoms with E-state index in [-0.39, 0.29) is 12.6 Å². The van der Waals surface area contributed by atoms with Gasteiger partial charge in [-0.05, 0) is 13.8 Å². The predicted molar refractivity (Wildman–Crippen MR) is 50.3 cm³/mol. The summed E-state index contributed by atoms with van der Waals surface area (Å²) in [4.78, 5) is 14.0. The van der Waals surface area contributed by atoms with Crippen LogP contribution in [-0.2, 0) is 4.74 Å². The summed E-state index contributed by atoms with van der Waals surface area (Å²) in [5.41, 5.74) is 10.2. The Kier molecular flexibility index (Phi) is 5.42. The lowest BCUT2D eigenvalue weighted by atomic mass is 10.4. The second kappa shape index (κ2) is 6.10. The third-order valence-electron chi connectivity index (χ3n) is 1.05. The molecule has 0 aromatic heterocycles. The molecule has 0 radical (unpaired) electrons. The van der Waals surface area contributed by atoms with Crippen molar-refractivity contribution in [2.24, 2.45) is 16.5 Å². The second-order valence-corrected chi connectivity index (χ2v) is 2.73. The van der Waals surface area contributed by atoms with Crippen molar-refractivity contribution in [3.63, 3.8) is 0 Å². The molecule has 0 bridgehead atoms. The molecular formula is C7H16N4O2. The minimum atomic E-state index is -0.800. The fraction of sp³-hybridized carbons (Fsp3) is 0.714. The van der Waals surface area contributed by atoms with Gasteiger partial charge < -0.3 is 21.5 Å². The van der Waals surface area contributed by atoms with E-state index in [2.05, 4.69) is 15.0 Å². The number of guanidine groups is 1. The summed E-state index contributed by atoms with van der Waals surface area (Å²) < 4.78 is 4.45. The van der Waals surface area contributed by atoms with Gasteiger partial charge >= 0.3 is 6.09 Å². The molecule has 0 saturated heterocycles. The zero-order valence-electron chi connectivity index (χ0n) is 7.91. The van der Waals surface area contributed by atoms with Crippen molar-refractivity contribution in [2.75, 3.05) is 13.2 Å². The van der Waals surface area contributed by atoms with E-state index >= 15 is 0 Å². The van der Waals surface area contributed by atoms with Crippen molar-refractivity contribution in [3.05, 3.63) is 0 Å². The molecule has 0 aliphatic rings. The third kappa shape index (κ3) is 8.45. The molecule has 0 aliphatic heterocycles. The highest BCUT2D eigenvalue weighted by atomic mass is 16.5. The average molecular weight is 188 g/mol. The van der Waals surface area contributed by atoms with Crippen LogP contribution in [-0.4, -0.2) is 31.2 Å². The molecule has 13 heavy (non-hydrogen) atoms. The molecule has 6 nitrogen and oxygen atoms in total. The van der Waals surface area contributed by atoms with Gasteiger partial charge in [-0.1, -0.05) is 0 Å². The highest BCUT2D eigenvalue weighted by Gasteiger charge is 1.95. The van der Waals surface area contributed by atoms with E-state index in [0.717, 1.165) is 0 Å². The number of nitrogens with one attached hydrogen (secondary N) is 1. The number of amides is 1. The summed E-state index contributed by atoms with van der Waals surface area (Å²) in [6.07, 6.45) is -0.800. The lowest BCUT2D eigenvalue weighted by Crippen LogP contribution is -2.37. The number of nitrogens with two attached hydrogens (primary N) is 2. The standard InChI is InChI=1S/C7H16N4O2/c1-5(2)11-6(8)10-3-4-13-7(9)12/h5H,3-4H2,1-2H3,(H2,9,12)(H3,8,10,11). The van der Waals surface area contributed by atoms with Gasteiger partial charge in [0.15, 0.2) is 5.96 Å². The van der Waals surface area contributed by atoms with Crippen LogP contribution in [0, 0.1) is 0 Å². The molecule has 0 fully saturated rings. The second-order valence-electron chi connectivity index (χ2n) is 2.73. The van der Waals surface area contributed by atoms with Crippen molar-refractivity contribution >= 4 is 12.1 Å². The lowest BCUT2D eigenvalue weighted by Gasteiger charge is -2.08. The molecule has 0 saturated carbocycles. The summed E-state index contributed by atoms with van der Waals surface area (Å²) >= 11 is 0. The molecule has 0 aromatic carbocycles. The number of nitrogens with zero attached hydrogens (tertiary/aromatic N) is 1. The highest BCUT2D eigenvalue weighted by Crippen LogP contribution is 1.78. The zero-order valence-corrected chi connectivity index (χ0v) is 7.91. The molecule has 76 valence electrons. The first-order valence-corrected chi connectivity index (χ1v) is 4.01. The van der Waals surface area contributed by atoms with E-state index in [1.165, 1.54) is 0 Å². The van der Waals surface area contributed by atoms with E-state index in [9.17, 15) is 4.79 Å². The van der Waals surface area contributed by atoms with Gasteiger partial charge in [0.25, 0.3) is 0 Å². The Balaban J connectivity index is 3.53. The van der Waals surface area contributed by atoms with Crippen molar-refractivity contribution in [2.45, 2.75) is 19.9 Å². The summed E-state index contributed by atoms with van der Waals surface area (Å²) in [5.74, 6) is 0.336. The van der Waals surface area contributed by atoms with Gasteiger partial charge in [-0.15, -0.1) is 0 Å². The molecule has 0 atom stereocenters. The number of carbonyl (C=O) groups is 1. The Hall–Kier alpha value is -1.46. The van der Waals surface area contributed by atoms with Crippen molar-refractivity contribution in [1.82, 2.24) is 5.32 Å². The van der Waals surface area contributed by atoms with Gasteiger partial charge in [-0.3, -0.25) is 0 Å². The van der Waals surface area contributed by atoms with Gasteiger partial charge in [-0.25, -0.2) is 9.79 Å². The number of hydrogen-bond acceptors (Lipinski definition) is 3. The highest BCUT2D eigenvalue weighted by molar-refractivity contribution is 5.78. The summed E-state index contributed by atoms with van der Waals surface area (Å²) in [6.45, 7) is 4.36. The van der Waals surface area contributed by atoms with E-state index in [1.54, 1.807) is 0 Å². The first kappa shape index (κ1) is 11.5. The lowest BCUT2D eigenvalue weighted by molar-refractivity contribution is 0.160. The van der Waals surface area contributed by atoms with Gasteiger partial charge in [0.1, 0.15) is 6.61 Å². The summed E-state index contributed by atoms with van der Waals surface area (Å²) in [7, 11) is 0. The van der Waals surface area contributed by atoms with Gasteiger partial charge in [0.2, 0.25) is 0 Å². The monoisotopic (exact) mass is 188 g/mol. The number of ether oxygens (including phenoxy) is 1. The largest absolute Gasteiger partial charge is 0.448 e. The van der Waals surface area contributed by atoms with Gasteiger partial charge in [0.05, 0.1) is 6.54 Å². The Labute approximate surface area is 77.3 Å². The number of primary amides is 1. The SMILES string of the molecule is CC(C)NC(N)=NCCOC(N)=O. The van der Waals surface area contributed by atoms with Gasteiger partial charge in [-0.2, -0.15) is 0 Å².